The lowest BCUT2D eigenvalue weighted by Crippen LogP contribution is -2.53. The van der Waals surface area contributed by atoms with Crippen molar-refractivity contribution < 1.29 is 5.11 Å². The maximum atomic E-state index is 9.61. The molecule has 1 N–H and O–H groups in total. The molecule has 6 nitrogen and oxygen atoms in total. The Morgan fingerprint density at radius 1 is 0.967 bits per heavy atom. The summed E-state index contributed by atoms with van der Waals surface area (Å²) in [4.78, 5) is 13.8. The van der Waals surface area contributed by atoms with E-state index in [1.807, 2.05) is 12.3 Å². The summed E-state index contributed by atoms with van der Waals surface area (Å²) in [5.74, 6) is 0.712. The number of benzene rings is 1. The van der Waals surface area contributed by atoms with Crippen LogP contribution in [-0.2, 0) is 13.0 Å². The van der Waals surface area contributed by atoms with Gasteiger partial charge in [-0.25, -0.2) is 9.97 Å². The van der Waals surface area contributed by atoms with E-state index >= 15 is 0 Å². The van der Waals surface area contributed by atoms with Crippen molar-refractivity contribution in [2.75, 3.05) is 32.8 Å². The molecule has 0 aliphatic carbocycles. The SMILES string of the molecule is OCC[C@@H]1CN(Cc2cccn2-c2ncccn2)CCN1CCCc1ccccc1. The van der Waals surface area contributed by atoms with Gasteiger partial charge in [-0.1, -0.05) is 30.3 Å². The first kappa shape index (κ1) is 20.7. The highest BCUT2D eigenvalue weighted by molar-refractivity contribution is 5.20. The van der Waals surface area contributed by atoms with E-state index in [4.69, 9.17) is 0 Å². The third-order valence-electron chi connectivity index (χ3n) is 5.89. The van der Waals surface area contributed by atoms with Gasteiger partial charge in [0.2, 0.25) is 5.95 Å². The molecule has 0 bridgehead atoms. The van der Waals surface area contributed by atoms with Crippen LogP contribution in [0.2, 0.25) is 0 Å². The molecule has 1 aliphatic heterocycles. The highest BCUT2D eigenvalue weighted by Crippen LogP contribution is 2.18. The van der Waals surface area contributed by atoms with Gasteiger partial charge in [0.25, 0.3) is 0 Å². The van der Waals surface area contributed by atoms with E-state index in [1.54, 1.807) is 12.4 Å². The standard InChI is InChI=1S/C24H31N5O/c30-18-11-22-19-27(16-17-28(22)14-4-9-21-7-2-1-3-8-21)20-23-10-5-15-29(23)24-25-12-6-13-26-24/h1-3,5-8,10,12-13,15,22,30H,4,9,11,14,16-20H2/t22-/m1/s1. The fraction of sp³-hybridized carbons (Fsp3) is 0.417. The quantitative estimate of drug-likeness (QED) is 0.593. The van der Waals surface area contributed by atoms with Crippen molar-refractivity contribution in [3.8, 4) is 5.95 Å². The highest BCUT2D eigenvalue weighted by atomic mass is 16.3. The van der Waals surface area contributed by atoms with Crippen LogP contribution in [0.25, 0.3) is 5.95 Å². The third kappa shape index (κ3) is 5.33. The molecule has 2 aromatic heterocycles. The van der Waals surface area contributed by atoms with Gasteiger partial charge in [0.05, 0.1) is 0 Å². The number of aryl methyl sites for hydroxylation is 1. The van der Waals surface area contributed by atoms with Gasteiger partial charge in [0.15, 0.2) is 0 Å². The minimum Gasteiger partial charge on any atom is -0.396 e. The van der Waals surface area contributed by atoms with Gasteiger partial charge in [0, 0.05) is 63.1 Å². The fourth-order valence-electron chi connectivity index (χ4n) is 4.33. The molecule has 0 saturated carbocycles. The molecular weight excluding hydrogens is 374 g/mol. The highest BCUT2D eigenvalue weighted by Gasteiger charge is 2.26. The molecule has 0 spiro atoms. The van der Waals surface area contributed by atoms with Crippen LogP contribution in [0.4, 0.5) is 0 Å². The molecule has 3 heterocycles. The largest absolute Gasteiger partial charge is 0.396 e. The summed E-state index contributed by atoms with van der Waals surface area (Å²) in [5, 5.41) is 9.61. The number of rotatable bonds is 9. The average molecular weight is 406 g/mol. The minimum absolute atomic E-state index is 0.238. The number of piperazine rings is 1. The Morgan fingerprint density at radius 3 is 2.60 bits per heavy atom. The third-order valence-corrected chi connectivity index (χ3v) is 5.89. The van der Waals surface area contributed by atoms with E-state index in [9.17, 15) is 5.11 Å². The van der Waals surface area contributed by atoms with E-state index in [2.05, 4.69) is 66.8 Å². The normalized spacial score (nSPS) is 18.0. The maximum Gasteiger partial charge on any atom is 0.233 e. The summed E-state index contributed by atoms with van der Waals surface area (Å²) in [5.41, 5.74) is 2.60. The maximum absolute atomic E-state index is 9.61. The Labute approximate surface area is 178 Å². The van der Waals surface area contributed by atoms with E-state index < -0.39 is 0 Å². The van der Waals surface area contributed by atoms with Crippen LogP contribution in [0.5, 0.6) is 0 Å². The molecule has 1 atom stereocenters. The predicted octanol–water partition coefficient (Wildman–Crippen LogP) is 2.77. The van der Waals surface area contributed by atoms with E-state index in [0.29, 0.717) is 12.0 Å². The molecule has 1 aromatic carbocycles. The van der Waals surface area contributed by atoms with Gasteiger partial charge < -0.3 is 5.11 Å². The van der Waals surface area contributed by atoms with Gasteiger partial charge >= 0.3 is 0 Å². The van der Waals surface area contributed by atoms with Gasteiger partial charge in [-0.15, -0.1) is 0 Å². The van der Waals surface area contributed by atoms with Crippen molar-refractivity contribution in [2.24, 2.45) is 0 Å². The van der Waals surface area contributed by atoms with Crippen molar-refractivity contribution in [3.63, 3.8) is 0 Å². The second-order valence-electron chi connectivity index (χ2n) is 7.94. The second-order valence-corrected chi connectivity index (χ2v) is 7.94. The second kappa shape index (κ2) is 10.5. The van der Waals surface area contributed by atoms with Crippen molar-refractivity contribution in [3.05, 3.63) is 78.4 Å². The number of hydrogen-bond donors (Lipinski definition) is 1. The number of hydrogen-bond acceptors (Lipinski definition) is 5. The molecule has 0 amide bonds. The smallest absolute Gasteiger partial charge is 0.233 e. The van der Waals surface area contributed by atoms with Crippen LogP contribution in [0.3, 0.4) is 0 Å². The van der Waals surface area contributed by atoms with Crippen LogP contribution in [0.1, 0.15) is 24.1 Å². The van der Waals surface area contributed by atoms with E-state index in [-0.39, 0.29) is 6.61 Å². The Morgan fingerprint density at radius 2 is 1.80 bits per heavy atom. The Bertz CT molecular complexity index is 883. The molecule has 0 radical (unpaired) electrons. The topological polar surface area (TPSA) is 57.4 Å². The first-order chi connectivity index (χ1) is 14.8. The van der Waals surface area contributed by atoms with Crippen LogP contribution < -0.4 is 0 Å². The summed E-state index contributed by atoms with van der Waals surface area (Å²) < 4.78 is 2.06. The lowest BCUT2D eigenvalue weighted by atomic mass is 10.1. The number of aliphatic hydroxyl groups is 1. The summed E-state index contributed by atoms with van der Waals surface area (Å²) in [7, 11) is 0. The summed E-state index contributed by atoms with van der Waals surface area (Å²) in [6.07, 6.45) is 8.66. The molecule has 1 fully saturated rings. The summed E-state index contributed by atoms with van der Waals surface area (Å²) in [6, 6.07) is 17.1. The summed E-state index contributed by atoms with van der Waals surface area (Å²) >= 11 is 0. The molecule has 1 saturated heterocycles. The van der Waals surface area contributed by atoms with Crippen molar-refractivity contribution in [1.29, 1.82) is 0 Å². The van der Waals surface area contributed by atoms with Crippen molar-refractivity contribution >= 4 is 0 Å². The summed E-state index contributed by atoms with van der Waals surface area (Å²) in [6.45, 7) is 5.25. The molecular formula is C24H31N5O. The molecule has 4 rings (SSSR count). The molecule has 6 heteroatoms. The fourth-order valence-corrected chi connectivity index (χ4v) is 4.33. The molecule has 1 aliphatic rings. The zero-order valence-corrected chi connectivity index (χ0v) is 17.5. The van der Waals surface area contributed by atoms with Crippen molar-refractivity contribution in [2.45, 2.75) is 31.8 Å². The van der Waals surface area contributed by atoms with Crippen molar-refractivity contribution in [1.82, 2.24) is 24.3 Å². The zero-order valence-electron chi connectivity index (χ0n) is 17.5. The van der Waals surface area contributed by atoms with E-state index in [1.165, 1.54) is 11.3 Å². The lowest BCUT2D eigenvalue weighted by Gasteiger charge is -2.41. The first-order valence-electron chi connectivity index (χ1n) is 10.9. The van der Waals surface area contributed by atoms with Gasteiger partial charge in [-0.05, 0) is 49.6 Å². The van der Waals surface area contributed by atoms with Crippen LogP contribution in [0.15, 0.2) is 67.1 Å². The Balaban J connectivity index is 1.34. The Hall–Kier alpha value is -2.54. The number of nitrogens with zero attached hydrogens (tertiary/aromatic N) is 5. The molecule has 3 aromatic rings. The van der Waals surface area contributed by atoms with Crippen LogP contribution >= 0.6 is 0 Å². The molecule has 0 unspecified atom stereocenters. The van der Waals surface area contributed by atoms with Gasteiger partial charge in [0.1, 0.15) is 0 Å². The minimum atomic E-state index is 0.238. The lowest BCUT2D eigenvalue weighted by molar-refractivity contribution is 0.0538. The zero-order chi connectivity index (χ0) is 20.6. The Kier molecular flexibility index (Phi) is 7.24. The van der Waals surface area contributed by atoms with E-state index in [0.717, 1.165) is 52.0 Å². The molecule has 158 valence electrons. The van der Waals surface area contributed by atoms with Gasteiger partial charge in [-0.2, -0.15) is 0 Å². The monoisotopic (exact) mass is 405 g/mol. The average Bonchev–Trinajstić information content (AvgIpc) is 3.25. The van der Waals surface area contributed by atoms with Gasteiger partial charge in [-0.3, -0.25) is 14.4 Å². The van der Waals surface area contributed by atoms with Crippen LogP contribution in [-0.4, -0.2) is 68.3 Å². The number of aliphatic hydroxyl groups excluding tert-OH is 1. The van der Waals surface area contributed by atoms with Crippen LogP contribution in [0, 0.1) is 0 Å². The predicted molar refractivity (Wildman–Crippen MR) is 118 cm³/mol. The first-order valence-corrected chi connectivity index (χ1v) is 10.9. The molecule has 30 heavy (non-hydrogen) atoms. The number of aromatic nitrogens is 3.